The summed E-state index contributed by atoms with van der Waals surface area (Å²) in [6, 6.07) is 0.208. The lowest BCUT2D eigenvalue weighted by Gasteiger charge is -2.24. The Hall–Kier alpha value is -1.07. The van der Waals surface area contributed by atoms with E-state index in [0.717, 1.165) is 29.2 Å². The van der Waals surface area contributed by atoms with Gasteiger partial charge in [-0.2, -0.15) is 5.10 Å². The highest BCUT2D eigenvalue weighted by Gasteiger charge is 2.25. The van der Waals surface area contributed by atoms with Crippen molar-refractivity contribution in [1.82, 2.24) is 19.3 Å². The average Bonchev–Trinajstić information content (AvgIpc) is 2.93. The third-order valence-corrected chi connectivity index (χ3v) is 3.91. The van der Waals surface area contributed by atoms with Gasteiger partial charge in [0.1, 0.15) is 11.3 Å². The zero-order valence-electron chi connectivity index (χ0n) is 12.9. The predicted octanol–water partition coefficient (Wildman–Crippen LogP) is 3.14. The van der Waals surface area contributed by atoms with Crippen molar-refractivity contribution in [2.75, 3.05) is 13.7 Å². The normalized spacial score (nSPS) is 13.6. The molecule has 0 spiro atoms. The summed E-state index contributed by atoms with van der Waals surface area (Å²) in [6.45, 7) is 9.91. The average molecular weight is 299 g/mol. The van der Waals surface area contributed by atoms with Crippen LogP contribution in [0.25, 0.3) is 11.2 Å². The van der Waals surface area contributed by atoms with Crippen molar-refractivity contribution in [3.8, 4) is 0 Å². The molecule has 112 valence electrons. The van der Waals surface area contributed by atoms with Crippen molar-refractivity contribution in [3.63, 3.8) is 0 Å². The number of rotatable bonds is 6. The Morgan fingerprint density at radius 1 is 1.35 bits per heavy atom. The van der Waals surface area contributed by atoms with E-state index in [1.165, 1.54) is 0 Å². The first-order chi connectivity index (χ1) is 9.54. The molecule has 0 bridgehead atoms. The number of halogens is 1. The van der Waals surface area contributed by atoms with Gasteiger partial charge in [0.2, 0.25) is 0 Å². The first-order valence-corrected chi connectivity index (χ1v) is 7.57. The molecule has 2 rings (SSSR count). The van der Waals surface area contributed by atoms with Crippen molar-refractivity contribution < 1.29 is 4.74 Å². The summed E-state index contributed by atoms with van der Waals surface area (Å²) in [7, 11) is 1.73. The lowest BCUT2D eigenvalue weighted by Crippen LogP contribution is -2.23. The molecular formula is C14H23ClN4O. The van der Waals surface area contributed by atoms with E-state index in [4.69, 9.17) is 16.3 Å². The van der Waals surface area contributed by atoms with E-state index in [0.29, 0.717) is 18.4 Å². The van der Waals surface area contributed by atoms with Crippen molar-refractivity contribution >= 4 is 22.8 Å². The molecule has 0 radical (unpaired) electrons. The molecule has 2 aromatic heterocycles. The van der Waals surface area contributed by atoms with Crippen molar-refractivity contribution in [2.45, 2.75) is 46.2 Å². The van der Waals surface area contributed by atoms with Crippen molar-refractivity contribution in [1.29, 1.82) is 0 Å². The molecule has 0 N–H and O–H groups in total. The Kier molecular flexibility index (Phi) is 4.70. The van der Waals surface area contributed by atoms with Crippen molar-refractivity contribution in [3.05, 3.63) is 11.5 Å². The number of fused-ring (bicyclic) bond motifs is 1. The fraction of sp³-hybridized carbons (Fsp3) is 0.714. The number of imidazole rings is 1. The zero-order chi connectivity index (χ0) is 14.9. The lowest BCUT2D eigenvalue weighted by molar-refractivity contribution is 0.133. The molecule has 0 aliphatic rings. The second kappa shape index (κ2) is 6.14. The van der Waals surface area contributed by atoms with Crippen molar-refractivity contribution in [2.24, 2.45) is 5.92 Å². The van der Waals surface area contributed by atoms with Crippen LogP contribution in [0.5, 0.6) is 0 Å². The van der Waals surface area contributed by atoms with Crippen LogP contribution in [0.4, 0.5) is 0 Å². The van der Waals surface area contributed by atoms with Gasteiger partial charge in [-0.1, -0.05) is 13.8 Å². The number of hydrogen-bond acceptors (Lipinski definition) is 3. The molecule has 5 nitrogen and oxygen atoms in total. The number of hydrogen-bond donors (Lipinski definition) is 0. The fourth-order valence-corrected chi connectivity index (χ4v) is 2.82. The summed E-state index contributed by atoms with van der Waals surface area (Å²) in [5.41, 5.74) is 2.95. The highest BCUT2D eigenvalue weighted by atomic mass is 35.5. The monoisotopic (exact) mass is 298 g/mol. The van der Waals surface area contributed by atoms with Gasteiger partial charge in [-0.3, -0.25) is 0 Å². The molecule has 0 amide bonds. The van der Waals surface area contributed by atoms with Gasteiger partial charge in [0, 0.05) is 13.7 Å². The van der Waals surface area contributed by atoms with E-state index in [1.54, 1.807) is 7.11 Å². The minimum atomic E-state index is 0.208. The molecule has 6 heteroatoms. The summed E-state index contributed by atoms with van der Waals surface area (Å²) >= 11 is 6.10. The summed E-state index contributed by atoms with van der Waals surface area (Å²) < 4.78 is 9.60. The first-order valence-electron chi connectivity index (χ1n) is 7.04. The highest BCUT2D eigenvalue weighted by Crippen LogP contribution is 2.28. The van der Waals surface area contributed by atoms with Crippen LogP contribution in [0.2, 0.25) is 0 Å². The summed E-state index contributed by atoms with van der Waals surface area (Å²) in [5.74, 6) is 1.71. The van der Waals surface area contributed by atoms with Crippen LogP contribution in [0, 0.1) is 12.8 Å². The second-order valence-corrected chi connectivity index (χ2v) is 5.64. The Balaban J connectivity index is 2.70. The van der Waals surface area contributed by atoms with Crippen LogP contribution in [0.1, 0.15) is 38.3 Å². The molecule has 0 saturated heterocycles. The van der Waals surface area contributed by atoms with Crippen LogP contribution < -0.4 is 0 Å². The maximum absolute atomic E-state index is 6.10. The predicted molar refractivity (Wildman–Crippen MR) is 81.2 cm³/mol. The summed E-state index contributed by atoms with van der Waals surface area (Å²) in [4.78, 5) is 4.68. The Morgan fingerprint density at radius 2 is 2.05 bits per heavy atom. The Bertz CT molecular complexity index is 588. The third-order valence-electron chi connectivity index (χ3n) is 3.67. The maximum atomic E-state index is 6.10. The van der Waals surface area contributed by atoms with Gasteiger partial charge in [0.25, 0.3) is 0 Å². The quantitative estimate of drug-likeness (QED) is 0.770. The van der Waals surface area contributed by atoms with Gasteiger partial charge < -0.3 is 9.30 Å². The van der Waals surface area contributed by atoms with Gasteiger partial charge in [0.05, 0.1) is 24.2 Å². The van der Waals surface area contributed by atoms with Crippen LogP contribution >= 0.6 is 11.6 Å². The van der Waals surface area contributed by atoms with Gasteiger partial charge in [-0.05, 0) is 19.8 Å². The zero-order valence-corrected chi connectivity index (χ0v) is 13.6. The Morgan fingerprint density at radius 3 is 2.55 bits per heavy atom. The van der Waals surface area contributed by atoms with E-state index in [1.807, 2.05) is 11.6 Å². The molecular weight excluding hydrogens is 276 g/mol. The van der Waals surface area contributed by atoms with E-state index in [9.17, 15) is 0 Å². The number of aryl methyl sites for hydroxylation is 2. The SMILES string of the molecule is CCn1nc(C)c2nc(CCl)n(C(COC)C(C)C)c21. The number of nitrogens with zero attached hydrogens (tertiary/aromatic N) is 4. The summed E-state index contributed by atoms with van der Waals surface area (Å²) in [5, 5.41) is 4.56. The third kappa shape index (κ3) is 2.44. The van der Waals surface area contributed by atoms with Gasteiger partial charge in [0.15, 0.2) is 5.65 Å². The highest BCUT2D eigenvalue weighted by molar-refractivity contribution is 6.16. The smallest absolute Gasteiger partial charge is 0.159 e. The molecule has 20 heavy (non-hydrogen) atoms. The molecule has 2 aromatic rings. The molecule has 0 aliphatic carbocycles. The van der Waals surface area contributed by atoms with Crippen LogP contribution in [0.3, 0.4) is 0 Å². The van der Waals surface area contributed by atoms with Gasteiger partial charge in [-0.25, -0.2) is 9.67 Å². The van der Waals surface area contributed by atoms with Crippen LogP contribution in [0.15, 0.2) is 0 Å². The lowest BCUT2D eigenvalue weighted by atomic mass is 10.1. The molecule has 2 heterocycles. The maximum Gasteiger partial charge on any atom is 0.159 e. The Labute approximate surface area is 124 Å². The van der Waals surface area contributed by atoms with E-state index in [2.05, 4.69) is 35.4 Å². The summed E-state index contributed by atoms with van der Waals surface area (Å²) in [6.07, 6.45) is 0. The minimum Gasteiger partial charge on any atom is -0.383 e. The van der Waals surface area contributed by atoms with E-state index >= 15 is 0 Å². The number of aromatic nitrogens is 4. The molecule has 0 aromatic carbocycles. The molecule has 0 aliphatic heterocycles. The van der Waals surface area contributed by atoms with E-state index in [-0.39, 0.29) is 6.04 Å². The molecule has 1 unspecified atom stereocenters. The fourth-order valence-electron chi connectivity index (χ4n) is 2.63. The van der Waals surface area contributed by atoms with Gasteiger partial charge >= 0.3 is 0 Å². The number of ether oxygens (including phenoxy) is 1. The number of methoxy groups -OCH3 is 1. The molecule has 1 atom stereocenters. The minimum absolute atomic E-state index is 0.208. The number of alkyl halides is 1. The standard InChI is InChI=1S/C14H23ClN4O/c1-6-18-14-13(10(4)17-18)16-12(7-15)19(14)11(8-20-5)9(2)3/h9,11H,6-8H2,1-5H3. The van der Waals surface area contributed by atoms with Crippen LogP contribution in [-0.2, 0) is 17.2 Å². The van der Waals surface area contributed by atoms with E-state index < -0.39 is 0 Å². The van der Waals surface area contributed by atoms with Gasteiger partial charge in [-0.15, -0.1) is 11.6 Å². The topological polar surface area (TPSA) is 44.9 Å². The molecule has 0 fully saturated rings. The second-order valence-electron chi connectivity index (χ2n) is 5.37. The molecule has 0 saturated carbocycles. The largest absolute Gasteiger partial charge is 0.383 e. The first kappa shape index (κ1) is 15.3. The van der Waals surface area contributed by atoms with Crippen LogP contribution in [-0.4, -0.2) is 33.0 Å².